The zero-order valence-electron chi connectivity index (χ0n) is 12.5. The Bertz CT molecular complexity index is 441. The summed E-state index contributed by atoms with van der Waals surface area (Å²) >= 11 is 0. The van der Waals surface area contributed by atoms with Gasteiger partial charge in [0.2, 0.25) is 0 Å². The lowest BCUT2D eigenvalue weighted by Crippen LogP contribution is -2.54. The minimum Gasteiger partial charge on any atom is -0.481 e. The Morgan fingerprint density at radius 2 is 2.05 bits per heavy atom. The van der Waals surface area contributed by atoms with Crippen molar-refractivity contribution in [2.45, 2.75) is 51.1 Å². The molecule has 2 amide bonds. The molecule has 0 spiro atoms. The molecule has 6 nitrogen and oxygen atoms in total. The van der Waals surface area contributed by atoms with Crippen LogP contribution in [0.15, 0.2) is 0 Å². The first kappa shape index (κ1) is 14.6. The predicted molar refractivity (Wildman–Crippen MR) is 76.0 cm³/mol. The molecule has 0 aromatic heterocycles. The van der Waals surface area contributed by atoms with Crippen LogP contribution in [-0.4, -0.2) is 53.8 Å². The summed E-state index contributed by atoms with van der Waals surface area (Å²) in [5, 5.41) is 12.3. The molecule has 3 rings (SSSR count). The van der Waals surface area contributed by atoms with E-state index in [2.05, 4.69) is 5.32 Å². The van der Waals surface area contributed by atoms with E-state index in [0.717, 1.165) is 19.4 Å². The number of carboxylic acids is 1. The Morgan fingerprint density at radius 3 is 2.81 bits per heavy atom. The standard InChI is InChI=1S/C15H24N2O4/c1-15(13(18)19)9-21-8-12(15)16-14(20)17-7-6-10-4-2-3-5-11(10)17/h10-12H,2-9H2,1H3,(H,16,20)(H,18,19). The van der Waals surface area contributed by atoms with E-state index in [9.17, 15) is 14.7 Å². The normalized spacial score (nSPS) is 39.1. The van der Waals surface area contributed by atoms with E-state index in [0.29, 0.717) is 12.0 Å². The molecule has 0 aromatic rings. The number of carbonyl (C=O) groups is 2. The fourth-order valence-electron chi connectivity index (χ4n) is 3.98. The Kier molecular flexibility index (Phi) is 3.82. The summed E-state index contributed by atoms with van der Waals surface area (Å²) < 4.78 is 5.29. The van der Waals surface area contributed by atoms with Crippen LogP contribution in [0, 0.1) is 11.3 Å². The number of fused-ring (bicyclic) bond motifs is 1. The molecule has 1 aliphatic carbocycles. The third kappa shape index (κ3) is 2.50. The van der Waals surface area contributed by atoms with E-state index in [4.69, 9.17) is 4.74 Å². The maximum atomic E-state index is 12.5. The molecular weight excluding hydrogens is 272 g/mol. The number of hydrogen-bond donors (Lipinski definition) is 2. The number of urea groups is 1. The quantitative estimate of drug-likeness (QED) is 0.808. The van der Waals surface area contributed by atoms with Gasteiger partial charge in [-0.2, -0.15) is 0 Å². The first-order valence-electron chi connectivity index (χ1n) is 7.90. The predicted octanol–water partition coefficient (Wildman–Crippen LogP) is 1.45. The molecule has 0 radical (unpaired) electrons. The summed E-state index contributed by atoms with van der Waals surface area (Å²) in [6.45, 7) is 2.86. The number of nitrogens with zero attached hydrogens (tertiary/aromatic N) is 1. The second-order valence-electron chi connectivity index (χ2n) is 6.83. The minimum absolute atomic E-state index is 0.118. The molecular formula is C15H24N2O4. The van der Waals surface area contributed by atoms with Gasteiger partial charge in [0, 0.05) is 12.6 Å². The molecule has 6 heteroatoms. The summed E-state index contributed by atoms with van der Waals surface area (Å²) in [5.41, 5.74) is -1.03. The molecule has 4 atom stereocenters. The molecule has 4 unspecified atom stereocenters. The molecule has 2 heterocycles. The van der Waals surface area contributed by atoms with Gasteiger partial charge in [0.15, 0.2) is 0 Å². The van der Waals surface area contributed by atoms with Crippen molar-refractivity contribution in [1.82, 2.24) is 10.2 Å². The van der Waals surface area contributed by atoms with E-state index in [1.807, 2.05) is 4.90 Å². The third-order valence-electron chi connectivity index (χ3n) is 5.51. The summed E-state index contributed by atoms with van der Waals surface area (Å²) in [4.78, 5) is 25.9. The molecule has 3 fully saturated rings. The molecule has 2 saturated heterocycles. The maximum Gasteiger partial charge on any atom is 0.317 e. The first-order chi connectivity index (χ1) is 10.0. The molecule has 0 bridgehead atoms. The van der Waals surface area contributed by atoms with Crippen LogP contribution in [0.2, 0.25) is 0 Å². The number of rotatable bonds is 2. The van der Waals surface area contributed by atoms with Gasteiger partial charge in [0.1, 0.15) is 5.41 Å². The van der Waals surface area contributed by atoms with Crippen LogP contribution in [0.3, 0.4) is 0 Å². The Morgan fingerprint density at radius 1 is 1.29 bits per heavy atom. The van der Waals surface area contributed by atoms with Crippen LogP contribution in [-0.2, 0) is 9.53 Å². The van der Waals surface area contributed by atoms with Gasteiger partial charge in [0.25, 0.3) is 0 Å². The number of amides is 2. The molecule has 21 heavy (non-hydrogen) atoms. The van der Waals surface area contributed by atoms with Gasteiger partial charge in [-0.15, -0.1) is 0 Å². The number of carboxylic acid groups (broad SMARTS) is 1. The number of aliphatic carboxylic acids is 1. The lowest BCUT2D eigenvalue weighted by Gasteiger charge is -2.34. The largest absolute Gasteiger partial charge is 0.481 e. The molecule has 3 aliphatic rings. The van der Waals surface area contributed by atoms with Crippen molar-refractivity contribution >= 4 is 12.0 Å². The minimum atomic E-state index is -1.03. The van der Waals surface area contributed by atoms with Gasteiger partial charge in [-0.1, -0.05) is 12.8 Å². The van der Waals surface area contributed by atoms with Crippen molar-refractivity contribution < 1.29 is 19.4 Å². The van der Waals surface area contributed by atoms with E-state index in [-0.39, 0.29) is 19.2 Å². The zero-order valence-corrected chi connectivity index (χ0v) is 12.5. The zero-order chi connectivity index (χ0) is 15.0. The lowest BCUT2D eigenvalue weighted by atomic mass is 9.85. The summed E-state index contributed by atoms with van der Waals surface area (Å²) in [6, 6.07) is -0.227. The van der Waals surface area contributed by atoms with Crippen molar-refractivity contribution in [3.63, 3.8) is 0 Å². The van der Waals surface area contributed by atoms with Crippen LogP contribution in [0.4, 0.5) is 4.79 Å². The van der Waals surface area contributed by atoms with Gasteiger partial charge >= 0.3 is 12.0 Å². The third-order valence-corrected chi connectivity index (χ3v) is 5.51. The highest BCUT2D eigenvalue weighted by molar-refractivity contribution is 5.79. The number of carbonyl (C=O) groups excluding carboxylic acids is 1. The molecule has 118 valence electrons. The average Bonchev–Trinajstić information content (AvgIpc) is 3.04. The topological polar surface area (TPSA) is 78.9 Å². The Balaban J connectivity index is 1.65. The van der Waals surface area contributed by atoms with Crippen molar-refractivity contribution in [2.75, 3.05) is 19.8 Å². The maximum absolute atomic E-state index is 12.5. The van der Waals surface area contributed by atoms with Crippen molar-refractivity contribution in [2.24, 2.45) is 11.3 Å². The van der Waals surface area contributed by atoms with E-state index in [1.54, 1.807) is 6.92 Å². The van der Waals surface area contributed by atoms with Gasteiger partial charge < -0.3 is 20.1 Å². The van der Waals surface area contributed by atoms with Gasteiger partial charge in [0.05, 0.1) is 19.3 Å². The highest BCUT2D eigenvalue weighted by Crippen LogP contribution is 2.36. The Labute approximate surface area is 124 Å². The second kappa shape index (κ2) is 5.48. The van der Waals surface area contributed by atoms with Crippen molar-refractivity contribution in [3.8, 4) is 0 Å². The molecule has 2 N–H and O–H groups in total. The number of hydrogen-bond acceptors (Lipinski definition) is 3. The van der Waals surface area contributed by atoms with E-state index < -0.39 is 17.4 Å². The van der Waals surface area contributed by atoms with Gasteiger partial charge in [-0.3, -0.25) is 4.79 Å². The van der Waals surface area contributed by atoms with Crippen LogP contribution in [0.25, 0.3) is 0 Å². The number of likely N-dealkylation sites (tertiary alicyclic amines) is 1. The lowest BCUT2D eigenvalue weighted by molar-refractivity contribution is -0.148. The van der Waals surface area contributed by atoms with Crippen LogP contribution in [0.5, 0.6) is 0 Å². The average molecular weight is 296 g/mol. The van der Waals surface area contributed by atoms with Gasteiger partial charge in [-0.25, -0.2) is 4.79 Å². The fraction of sp³-hybridized carbons (Fsp3) is 0.867. The van der Waals surface area contributed by atoms with Crippen molar-refractivity contribution in [3.05, 3.63) is 0 Å². The molecule has 0 aromatic carbocycles. The number of ether oxygens (including phenoxy) is 1. The second-order valence-corrected chi connectivity index (χ2v) is 6.83. The van der Waals surface area contributed by atoms with E-state index >= 15 is 0 Å². The molecule has 2 aliphatic heterocycles. The van der Waals surface area contributed by atoms with Crippen LogP contribution in [0.1, 0.15) is 39.0 Å². The molecule has 1 saturated carbocycles. The Hall–Kier alpha value is -1.30. The van der Waals surface area contributed by atoms with Crippen molar-refractivity contribution in [1.29, 1.82) is 0 Å². The van der Waals surface area contributed by atoms with Crippen LogP contribution >= 0.6 is 0 Å². The summed E-state index contributed by atoms with van der Waals surface area (Å²) in [5.74, 6) is -0.280. The summed E-state index contributed by atoms with van der Waals surface area (Å²) in [6.07, 6.45) is 5.83. The monoisotopic (exact) mass is 296 g/mol. The highest BCUT2D eigenvalue weighted by Gasteiger charge is 2.48. The number of nitrogens with one attached hydrogen (secondary N) is 1. The fourth-order valence-corrected chi connectivity index (χ4v) is 3.98. The highest BCUT2D eigenvalue weighted by atomic mass is 16.5. The van der Waals surface area contributed by atoms with Crippen LogP contribution < -0.4 is 5.32 Å². The SMILES string of the molecule is CC1(C(=O)O)COCC1NC(=O)N1CCC2CCCCC21. The first-order valence-corrected chi connectivity index (χ1v) is 7.90. The summed E-state index contributed by atoms with van der Waals surface area (Å²) in [7, 11) is 0. The van der Waals surface area contributed by atoms with E-state index in [1.165, 1.54) is 19.3 Å². The van der Waals surface area contributed by atoms with Gasteiger partial charge in [-0.05, 0) is 32.1 Å². The smallest absolute Gasteiger partial charge is 0.317 e.